The van der Waals surface area contributed by atoms with Crippen LogP contribution in [0.25, 0.3) is 32.1 Å². The Morgan fingerprint density at radius 3 is 2.41 bits per heavy atom. The van der Waals surface area contributed by atoms with E-state index in [1.165, 1.54) is 80.2 Å². The van der Waals surface area contributed by atoms with Gasteiger partial charge in [0.05, 0.1) is 15.1 Å². The SMILES string of the molecule is Cc1c2c(c(C)c3ccccc13)-c1c3c(c(C4CCCCC4)sc3cc[n+]1C)O2. The molecule has 0 bridgehead atoms. The van der Waals surface area contributed by atoms with E-state index in [0.717, 1.165) is 11.5 Å². The molecule has 1 aliphatic carbocycles. The molecule has 6 rings (SSSR count). The first-order valence-corrected chi connectivity index (χ1v) is 11.6. The molecule has 0 unspecified atom stereocenters. The average molecular weight is 401 g/mol. The van der Waals surface area contributed by atoms with Gasteiger partial charge in [0.15, 0.2) is 11.9 Å². The third-order valence-electron chi connectivity index (χ3n) is 7.05. The second-order valence-electron chi connectivity index (χ2n) is 8.75. The summed E-state index contributed by atoms with van der Waals surface area (Å²) in [6, 6.07) is 11.0. The average Bonchev–Trinajstić information content (AvgIpc) is 3.14. The van der Waals surface area contributed by atoms with Gasteiger partial charge in [-0.1, -0.05) is 43.5 Å². The van der Waals surface area contributed by atoms with Crippen LogP contribution in [0.5, 0.6) is 11.5 Å². The molecule has 0 N–H and O–H groups in total. The Balaban J connectivity index is 1.72. The summed E-state index contributed by atoms with van der Waals surface area (Å²) in [5.41, 5.74) is 5.17. The Hall–Kier alpha value is -2.39. The van der Waals surface area contributed by atoms with Gasteiger partial charge >= 0.3 is 0 Å². The van der Waals surface area contributed by atoms with Crippen molar-refractivity contribution in [3.63, 3.8) is 0 Å². The monoisotopic (exact) mass is 400 g/mol. The third kappa shape index (κ3) is 2.37. The zero-order valence-electron chi connectivity index (χ0n) is 17.3. The van der Waals surface area contributed by atoms with E-state index in [9.17, 15) is 0 Å². The molecule has 1 fully saturated rings. The normalized spacial score (nSPS) is 16.2. The molecule has 0 saturated heterocycles. The summed E-state index contributed by atoms with van der Waals surface area (Å²) >= 11 is 1.97. The number of fused-ring (bicyclic) bond motifs is 3. The highest BCUT2D eigenvalue weighted by Gasteiger charge is 2.36. The van der Waals surface area contributed by atoms with Gasteiger partial charge in [0.25, 0.3) is 0 Å². The van der Waals surface area contributed by atoms with E-state index in [2.05, 4.69) is 62.0 Å². The molecule has 1 saturated carbocycles. The van der Waals surface area contributed by atoms with E-state index < -0.39 is 0 Å². The zero-order chi connectivity index (χ0) is 19.7. The first kappa shape index (κ1) is 17.5. The molecule has 0 amide bonds. The van der Waals surface area contributed by atoms with Crippen LogP contribution in [0.1, 0.15) is 54.0 Å². The van der Waals surface area contributed by atoms with Crippen molar-refractivity contribution in [3.8, 4) is 22.8 Å². The van der Waals surface area contributed by atoms with Gasteiger partial charge in [-0.3, -0.25) is 0 Å². The highest BCUT2D eigenvalue weighted by molar-refractivity contribution is 7.19. The number of thiophene rings is 1. The number of nitrogens with zero attached hydrogens (tertiary/aromatic N) is 1. The Morgan fingerprint density at radius 2 is 1.66 bits per heavy atom. The molecule has 0 atom stereocenters. The van der Waals surface area contributed by atoms with E-state index >= 15 is 0 Å². The van der Waals surface area contributed by atoms with E-state index in [-0.39, 0.29) is 0 Å². The molecule has 3 heteroatoms. The molecule has 2 aromatic carbocycles. The van der Waals surface area contributed by atoms with Gasteiger partial charge in [-0.05, 0) is 48.9 Å². The van der Waals surface area contributed by atoms with Crippen molar-refractivity contribution in [2.24, 2.45) is 7.05 Å². The van der Waals surface area contributed by atoms with Crippen LogP contribution in [0.2, 0.25) is 0 Å². The standard InChI is InChI=1S/C26H26NOS/c1-15-18-11-7-8-12-19(18)16(2)24-21(15)23-22-20(13-14-27(23)3)29-26(25(22)28-24)17-9-5-4-6-10-17/h7-8,11-14,17H,4-6,9-10H2,1-3H3/q+1. The van der Waals surface area contributed by atoms with Crippen molar-refractivity contribution in [1.82, 2.24) is 0 Å². The third-order valence-corrected chi connectivity index (χ3v) is 8.35. The van der Waals surface area contributed by atoms with Crippen molar-refractivity contribution in [2.45, 2.75) is 51.9 Å². The van der Waals surface area contributed by atoms with Gasteiger partial charge in [-0.25, -0.2) is 4.57 Å². The van der Waals surface area contributed by atoms with Gasteiger partial charge < -0.3 is 4.74 Å². The van der Waals surface area contributed by atoms with Gasteiger partial charge in [0, 0.05) is 11.6 Å². The first-order chi connectivity index (χ1) is 14.1. The topological polar surface area (TPSA) is 13.1 Å². The number of rotatable bonds is 1. The molecule has 29 heavy (non-hydrogen) atoms. The number of pyridine rings is 1. The second-order valence-corrected chi connectivity index (χ2v) is 9.83. The van der Waals surface area contributed by atoms with Gasteiger partial charge in [-0.15, -0.1) is 11.3 Å². The van der Waals surface area contributed by atoms with E-state index in [0.29, 0.717) is 5.92 Å². The smallest absolute Gasteiger partial charge is 0.228 e. The van der Waals surface area contributed by atoms with E-state index in [4.69, 9.17) is 4.74 Å². The maximum absolute atomic E-state index is 6.85. The summed E-state index contributed by atoms with van der Waals surface area (Å²) in [5.74, 6) is 2.86. The molecule has 1 aliphatic heterocycles. The lowest BCUT2D eigenvalue weighted by molar-refractivity contribution is -0.659. The van der Waals surface area contributed by atoms with Crippen molar-refractivity contribution in [3.05, 3.63) is 52.5 Å². The van der Waals surface area contributed by atoms with Crippen LogP contribution in [0.15, 0.2) is 36.5 Å². The fourth-order valence-corrected chi connectivity index (χ4v) is 6.82. The van der Waals surface area contributed by atoms with Crippen LogP contribution in [0, 0.1) is 13.8 Å². The lowest BCUT2D eigenvalue weighted by atomic mass is 9.86. The summed E-state index contributed by atoms with van der Waals surface area (Å²) in [6.45, 7) is 4.47. The predicted molar refractivity (Wildman–Crippen MR) is 121 cm³/mol. The molecule has 0 radical (unpaired) electrons. The first-order valence-electron chi connectivity index (χ1n) is 10.8. The summed E-state index contributed by atoms with van der Waals surface area (Å²) < 4.78 is 10.5. The van der Waals surface area contributed by atoms with Crippen LogP contribution >= 0.6 is 11.3 Å². The van der Waals surface area contributed by atoms with Gasteiger partial charge in [0.1, 0.15) is 18.2 Å². The lowest BCUT2D eigenvalue weighted by Crippen LogP contribution is -2.31. The lowest BCUT2D eigenvalue weighted by Gasteiger charge is -2.25. The summed E-state index contributed by atoms with van der Waals surface area (Å²) in [5, 5.41) is 3.96. The van der Waals surface area contributed by atoms with Crippen molar-refractivity contribution in [1.29, 1.82) is 0 Å². The van der Waals surface area contributed by atoms with Crippen molar-refractivity contribution in [2.75, 3.05) is 0 Å². The molecule has 4 aromatic rings. The van der Waals surface area contributed by atoms with E-state index in [1.807, 2.05) is 11.3 Å². The fourth-order valence-electron chi connectivity index (χ4n) is 5.53. The Bertz CT molecular complexity index is 1290. The van der Waals surface area contributed by atoms with Crippen LogP contribution in [0.3, 0.4) is 0 Å². The minimum absolute atomic E-state index is 0.651. The van der Waals surface area contributed by atoms with Crippen LogP contribution < -0.4 is 9.30 Å². The van der Waals surface area contributed by atoms with Crippen LogP contribution in [-0.2, 0) is 7.05 Å². The molecule has 2 aromatic heterocycles. The Labute approximate surface area is 175 Å². The number of hydrogen-bond acceptors (Lipinski definition) is 2. The van der Waals surface area contributed by atoms with Crippen LogP contribution in [-0.4, -0.2) is 0 Å². The van der Waals surface area contributed by atoms with E-state index in [1.54, 1.807) is 0 Å². The number of aryl methyl sites for hydroxylation is 3. The zero-order valence-corrected chi connectivity index (χ0v) is 18.2. The quantitative estimate of drug-likeness (QED) is 0.269. The Morgan fingerprint density at radius 1 is 0.931 bits per heavy atom. The highest BCUT2D eigenvalue weighted by Crippen LogP contribution is 2.56. The molecule has 146 valence electrons. The molecule has 3 heterocycles. The predicted octanol–water partition coefficient (Wildman–Crippen LogP) is 7.32. The number of ether oxygens (including phenoxy) is 1. The second kappa shape index (κ2) is 6.30. The summed E-state index contributed by atoms with van der Waals surface area (Å²) in [6.07, 6.45) is 8.89. The number of aromatic nitrogens is 1. The summed E-state index contributed by atoms with van der Waals surface area (Å²) in [4.78, 5) is 1.48. The minimum atomic E-state index is 0.651. The molecule has 2 aliphatic rings. The molecular weight excluding hydrogens is 374 g/mol. The maximum Gasteiger partial charge on any atom is 0.228 e. The maximum atomic E-state index is 6.85. The van der Waals surface area contributed by atoms with Gasteiger partial charge in [0.2, 0.25) is 5.69 Å². The molecule has 2 nitrogen and oxygen atoms in total. The molecule has 0 spiro atoms. The van der Waals surface area contributed by atoms with Gasteiger partial charge in [-0.2, -0.15) is 0 Å². The Kier molecular flexibility index (Phi) is 3.80. The largest absolute Gasteiger partial charge is 0.454 e. The number of hydrogen-bond donors (Lipinski definition) is 0. The van der Waals surface area contributed by atoms with Crippen molar-refractivity contribution >= 4 is 32.2 Å². The van der Waals surface area contributed by atoms with Crippen molar-refractivity contribution < 1.29 is 9.30 Å². The fraction of sp³-hybridized carbons (Fsp3) is 0.346. The summed E-state index contributed by atoms with van der Waals surface area (Å²) in [7, 11) is 2.18. The van der Waals surface area contributed by atoms with Crippen LogP contribution in [0.4, 0.5) is 0 Å². The minimum Gasteiger partial charge on any atom is -0.454 e. The number of benzene rings is 2. The molecular formula is C26H26NOS+. The highest BCUT2D eigenvalue weighted by atomic mass is 32.1.